The highest BCUT2D eigenvalue weighted by molar-refractivity contribution is 5.80. The summed E-state index contributed by atoms with van der Waals surface area (Å²) in [6.45, 7) is 11.1. The second kappa shape index (κ2) is 8.75. The number of carbonyl (C=O) groups excluding carboxylic acids is 1. The summed E-state index contributed by atoms with van der Waals surface area (Å²) in [6, 6.07) is 15.7. The first kappa shape index (κ1) is 19.8. The van der Waals surface area contributed by atoms with Crippen molar-refractivity contribution in [3.63, 3.8) is 0 Å². The van der Waals surface area contributed by atoms with Crippen molar-refractivity contribution in [2.24, 2.45) is 0 Å². The number of hydrogen-bond acceptors (Lipinski definition) is 3. The first-order valence-corrected chi connectivity index (χ1v) is 9.01. The van der Waals surface area contributed by atoms with Gasteiger partial charge in [-0.1, -0.05) is 51.1 Å². The number of hydrogen-bond donors (Lipinski definition) is 1. The number of carbonyl (C=O) groups is 1. The van der Waals surface area contributed by atoms with Gasteiger partial charge in [0.15, 0.2) is 6.10 Å². The minimum absolute atomic E-state index is 0.125. The number of aryl methyl sites for hydroxylation is 1. The minimum Gasteiger partial charge on any atom is -0.492 e. The highest BCUT2D eigenvalue weighted by Gasteiger charge is 2.15. The van der Waals surface area contributed by atoms with Crippen LogP contribution >= 0.6 is 0 Å². The molecule has 0 bridgehead atoms. The molecule has 0 saturated heterocycles. The van der Waals surface area contributed by atoms with Crippen LogP contribution in [0.1, 0.15) is 38.8 Å². The first-order chi connectivity index (χ1) is 12.3. The van der Waals surface area contributed by atoms with Gasteiger partial charge in [0.2, 0.25) is 0 Å². The third-order valence-corrected chi connectivity index (χ3v) is 4.16. The lowest BCUT2D eigenvalue weighted by molar-refractivity contribution is -0.127. The van der Waals surface area contributed by atoms with Crippen LogP contribution in [-0.4, -0.2) is 25.2 Å². The summed E-state index contributed by atoms with van der Waals surface area (Å²) >= 11 is 0. The Kier molecular flexibility index (Phi) is 6.67. The Morgan fingerprint density at radius 3 is 2.35 bits per heavy atom. The van der Waals surface area contributed by atoms with Gasteiger partial charge in [-0.3, -0.25) is 4.79 Å². The van der Waals surface area contributed by atoms with E-state index in [1.807, 2.05) is 43.3 Å². The number of nitrogens with one attached hydrogen (secondary N) is 1. The molecule has 1 N–H and O–H groups in total. The molecule has 2 aromatic rings. The fourth-order valence-electron chi connectivity index (χ4n) is 2.47. The van der Waals surface area contributed by atoms with E-state index in [0.29, 0.717) is 13.2 Å². The number of para-hydroxylation sites is 1. The van der Waals surface area contributed by atoms with Gasteiger partial charge < -0.3 is 14.8 Å². The molecule has 4 heteroatoms. The number of amides is 1. The Morgan fingerprint density at radius 2 is 1.73 bits per heavy atom. The monoisotopic (exact) mass is 355 g/mol. The summed E-state index contributed by atoms with van der Waals surface area (Å²) in [5, 5.41) is 2.84. The van der Waals surface area contributed by atoms with Gasteiger partial charge in [-0.15, -0.1) is 0 Å². The van der Waals surface area contributed by atoms with Crippen molar-refractivity contribution in [1.29, 1.82) is 0 Å². The maximum Gasteiger partial charge on any atom is 0.260 e. The van der Waals surface area contributed by atoms with Crippen molar-refractivity contribution in [3.8, 4) is 11.5 Å². The van der Waals surface area contributed by atoms with E-state index in [9.17, 15) is 4.79 Å². The van der Waals surface area contributed by atoms with E-state index in [-0.39, 0.29) is 11.3 Å². The lowest BCUT2D eigenvalue weighted by atomic mass is 9.87. The fraction of sp³-hybridized carbons (Fsp3) is 0.409. The number of benzene rings is 2. The number of rotatable bonds is 7. The van der Waals surface area contributed by atoms with E-state index in [2.05, 4.69) is 38.2 Å². The molecule has 0 unspecified atom stereocenters. The predicted molar refractivity (Wildman–Crippen MR) is 105 cm³/mol. The highest BCUT2D eigenvalue weighted by Crippen LogP contribution is 2.24. The van der Waals surface area contributed by atoms with Gasteiger partial charge in [-0.25, -0.2) is 0 Å². The molecule has 1 atom stereocenters. The normalized spacial score (nSPS) is 12.3. The summed E-state index contributed by atoms with van der Waals surface area (Å²) in [6.07, 6.45) is -0.554. The van der Waals surface area contributed by atoms with Gasteiger partial charge in [0.1, 0.15) is 18.1 Å². The number of ether oxygens (including phenoxy) is 2. The zero-order valence-corrected chi connectivity index (χ0v) is 16.3. The Labute approximate surface area is 156 Å². The predicted octanol–water partition coefficient (Wildman–Crippen LogP) is 4.26. The van der Waals surface area contributed by atoms with Crippen LogP contribution in [0.25, 0.3) is 0 Å². The zero-order valence-electron chi connectivity index (χ0n) is 16.3. The molecule has 0 fully saturated rings. The molecule has 0 aromatic heterocycles. The lowest BCUT2D eigenvalue weighted by Crippen LogP contribution is -2.38. The molecule has 1 amide bonds. The third-order valence-electron chi connectivity index (χ3n) is 4.16. The highest BCUT2D eigenvalue weighted by atomic mass is 16.5. The van der Waals surface area contributed by atoms with Gasteiger partial charge >= 0.3 is 0 Å². The van der Waals surface area contributed by atoms with Crippen molar-refractivity contribution < 1.29 is 14.3 Å². The molecule has 0 radical (unpaired) electrons. The summed E-state index contributed by atoms with van der Waals surface area (Å²) < 4.78 is 11.4. The Bertz CT molecular complexity index is 717. The molecule has 0 heterocycles. The van der Waals surface area contributed by atoms with E-state index in [4.69, 9.17) is 9.47 Å². The van der Waals surface area contributed by atoms with Crippen molar-refractivity contribution in [2.75, 3.05) is 13.2 Å². The molecule has 140 valence electrons. The Balaban J connectivity index is 1.73. The smallest absolute Gasteiger partial charge is 0.260 e. The van der Waals surface area contributed by atoms with Crippen LogP contribution in [0.3, 0.4) is 0 Å². The molecule has 2 rings (SSSR count). The molecule has 0 spiro atoms. The van der Waals surface area contributed by atoms with Gasteiger partial charge in [0.05, 0.1) is 6.54 Å². The summed E-state index contributed by atoms with van der Waals surface area (Å²) in [7, 11) is 0. The van der Waals surface area contributed by atoms with Crippen LogP contribution in [0.4, 0.5) is 0 Å². The summed E-state index contributed by atoms with van der Waals surface area (Å²) in [5.41, 5.74) is 2.40. The Hall–Kier alpha value is -2.49. The largest absolute Gasteiger partial charge is 0.492 e. The average molecular weight is 355 g/mol. The maximum atomic E-state index is 12.1. The molecule has 0 saturated carbocycles. The molecule has 0 aliphatic carbocycles. The van der Waals surface area contributed by atoms with Crippen LogP contribution in [0.5, 0.6) is 11.5 Å². The van der Waals surface area contributed by atoms with E-state index < -0.39 is 6.10 Å². The summed E-state index contributed by atoms with van der Waals surface area (Å²) in [5.74, 6) is 1.38. The molecular formula is C22H29NO3. The quantitative estimate of drug-likeness (QED) is 0.755. The van der Waals surface area contributed by atoms with Crippen molar-refractivity contribution in [1.82, 2.24) is 5.32 Å². The van der Waals surface area contributed by atoms with Crippen molar-refractivity contribution in [3.05, 3.63) is 59.7 Å². The Morgan fingerprint density at radius 1 is 1.08 bits per heavy atom. The van der Waals surface area contributed by atoms with Gasteiger partial charge in [0, 0.05) is 0 Å². The van der Waals surface area contributed by atoms with Gasteiger partial charge in [0.25, 0.3) is 5.91 Å². The van der Waals surface area contributed by atoms with Crippen molar-refractivity contribution in [2.45, 2.75) is 46.1 Å². The second-order valence-electron chi connectivity index (χ2n) is 7.44. The lowest BCUT2D eigenvalue weighted by Gasteiger charge is -2.19. The maximum absolute atomic E-state index is 12.1. The summed E-state index contributed by atoms with van der Waals surface area (Å²) in [4.78, 5) is 12.1. The molecule has 0 aliphatic heterocycles. The topological polar surface area (TPSA) is 47.6 Å². The van der Waals surface area contributed by atoms with Crippen LogP contribution in [0, 0.1) is 6.92 Å². The van der Waals surface area contributed by atoms with Gasteiger partial charge in [-0.2, -0.15) is 0 Å². The van der Waals surface area contributed by atoms with E-state index in [1.165, 1.54) is 5.56 Å². The van der Waals surface area contributed by atoms with Crippen LogP contribution in [0.15, 0.2) is 48.5 Å². The van der Waals surface area contributed by atoms with Crippen molar-refractivity contribution >= 4 is 5.91 Å². The van der Waals surface area contributed by atoms with Crippen LogP contribution in [-0.2, 0) is 10.2 Å². The second-order valence-corrected chi connectivity index (χ2v) is 7.44. The molecule has 26 heavy (non-hydrogen) atoms. The third kappa shape index (κ3) is 5.80. The van der Waals surface area contributed by atoms with Gasteiger partial charge in [-0.05, 0) is 48.6 Å². The molecular weight excluding hydrogens is 326 g/mol. The molecule has 0 aliphatic rings. The van der Waals surface area contributed by atoms with E-state index in [1.54, 1.807) is 6.92 Å². The average Bonchev–Trinajstić information content (AvgIpc) is 2.60. The minimum atomic E-state index is -0.554. The molecule has 4 nitrogen and oxygen atoms in total. The standard InChI is InChI=1S/C22H29NO3/c1-16-8-6-7-9-20(16)26-17(2)21(24)23-14-15-25-19-12-10-18(11-13-19)22(3,4)5/h6-13,17H,14-15H2,1-5H3,(H,23,24)/t17-/m0/s1. The van der Waals surface area contributed by atoms with E-state index >= 15 is 0 Å². The van der Waals surface area contributed by atoms with Crippen LogP contribution < -0.4 is 14.8 Å². The fourth-order valence-corrected chi connectivity index (χ4v) is 2.47. The van der Waals surface area contributed by atoms with Crippen LogP contribution in [0.2, 0.25) is 0 Å². The molecule has 2 aromatic carbocycles. The zero-order chi connectivity index (χ0) is 19.2. The SMILES string of the molecule is Cc1ccccc1O[C@@H](C)C(=O)NCCOc1ccc(C(C)(C)C)cc1. The van der Waals surface area contributed by atoms with E-state index in [0.717, 1.165) is 17.1 Å². The first-order valence-electron chi connectivity index (χ1n) is 9.01.